The Bertz CT molecular complexity index is 1350. The molecule has 3 aromatic rings. The summed E-state index contributed by atoms with van der Waals surface area (Å²) in [4.78, 5) is 33.0. The summed E-state index contributed by atoms with van der Waals surface area (Å²) >= 11 is 0. The molecule has 1 aromatic carbocycles. The second kappa shape index (κ2) is 9.26. The smallest absolute Gasteiger partial charge is 0.416 e. The van der Waals surface area contributed by atoms with E-state index in [-0.39, 0.29) is 23.6 Å². The van der Waals surface area contributed by atoms with Crippen molar-refractivity contribution in [2.45, 2.75) is 24.3 Å². The van der Waals surface area contributed by atoms with E-state index in [1.807, 2.05) is 0 Å². The van der Waals surface area contributed by atoms with Crippen molar-refractivity contribution in [1.82, 2.24) is 9.97 Å². The molecule has 0 fully saturated rings. The second-order valence-corrected chi connectivity index (χ2v) is 7.87. The second-order valence-electron chi connectivity index (χ2n) is 7.87. The Balaban J connectivity index is 1.57. The van der Waals surface area contributed by atoms with Crippen molar-refractivity contribution in [3.63, 3.8) is 0 Å². The summed E-state index contributed by atoms with van der Waals surface area (Å²) in [7, 11) is 1.46. The first-order valence-corrected chi connectivity index (χ1v) is 10.5. The van der Waals surface area contributed by atoms with Gasteiger partial charge in [0.25, 0.3) is 17.2 Å². The number of carbonyl (C=O) groups excluding carboxylic acids is 2. The van der Waals surface area contributed by atoms with Crippen molar-refractivity contribution in [2.75, 3.05) is 23.1 Å². The minimum absolute atomic E-state index is 0.0491. The van der Waals surface area contributed by atoms with E-state index in [1.54, 1.807) is 17.4 Å². The van der Waals surface area contributed by atoms with Crippen molar-refractivity contribution >= 4 is 29.0 Å². The molecule has 1 aliphatic heterocycles. The fraction of sp³-hybridized carbons (Fsp3) is 0.217. The number of halogens is 6. The largest absolute Gasteiger partial charge is 0.481 e. The lowest BCUT2D eigenvalue weighted by Crippen LogP contribution is -2.58. The van der Waals surface area contributed by atoms with Gasteiger partial charge in [0.05, 0.1) is 12.7 Å². The third kappa shape index (κ3) is 4.49. The molecule has 0 atom stereocenters. The van der Waals surface area contributed by atoms with E-state index in [9.17, 15) is 35.9 Å². The summed E-state index contributed by atoms with van der Waals surface area (Å²) in [5.74, 6) is -2.47. The lowest BCUT2D eigenvalue weighted by molar-refractivity contribution is -0.288. The van der Waals surface area contributed by atoms with E-state index in [0.29, 0.717) is 11.9 Å². The number of nitrogens with one attached hydrogen (secondary N) is 3. The third-order valence-corrected chi connectivity index (χ3v) is 5.64. The number of hydrogen-bond donors (Lipinski definition) is 3. The molecule has 0 aliphatic carbocycles. The number of amides is 2. The number of carbonyl (C=O) groups is 2. The van der Waals surface area contributed by atoms with Crippen LogP contribution < -0.4 is 20.7 Å². The molecule has 14 heteroatoms. The van der Waals surface area contributed by atoms with Gasteiger partial charge in [-0.25, -0.2) is 9.97 Å². The Labute approximate surface area is 205 Å². The van der Waals surface area contributed by atoms with Crippen molar-refractivity contribution < 1.29 is 40.7 Å². The lowest BCUT2D eigenvalue weighted by Gasteiger charge is -2.31. The van der Waals surface area contributed by atoms with Gasteiger partial charge in [0.1, 0.15) is 5.82 Å². The fourth-order valence-corrected chi connectivity index (χ4v) is 3.90. The summed E-state index contributed by atoms with van der Waals surface area (Å²) in [6.45, 7) is 0.234. The molecule has 0 saturated heterocycles. The van der Waals surface area contributed by atoms with E-state index < -0.39 is 40.8 Å². The number of pyridine rings is 2. The highest BCUT2D eigenvalue weighted by atomic mass is 19.4. The van der Waals surface area contributed by atoms with Crippen LogP contribution in [0.4, 0.5) is 43.5 Å². The molecular weight excluding hydrogens is 508 g/mol. The molecule has 3 heterocycles. The van der Waals surface area contributed by atoms with Gasteiger partial charge < -0.3 is 20.7 Å². The number of aromatic nitrogens is 2. The maximum Gasteiger partial charge on any atom is 0.416 e. The monoisotopic (exact) mass is 525 g/mol. The van der Waals surface area contributed by atoms with E-state index >= 15 is 0 Å². The Morgan fingerprint density at radius 3 is 2.43 bits per heavy atom. The van der Waals surface area contributed by atoms with Gasteiger partial charge in [-0.2, -0.15) is 26.3 Å². The van der Waals surface area contributed by atoms with Gasteiger partial charge in [-0.05, 0) is 35.9 Å². The highest BCUT2D eigenvalue weighted by molar-refractivity contribution is 6.10. The number of fused-ring (bicyclic) bond motifs is 1. The number of ether oxygens (including phenoxy) is 1. The van der Waals surface area contributed by atoms with Gasteiger partial charge in [-0.1, -0.05) is 6.07 Å². The van der Waals surface area contributed by atoms with Gasteiger partial charge in [0, 0.05) is 41.9 Å². The van der Waals surface area contributed by atoms with Gasteiger partial charge >= 0.3 is 12.4 Å². The molecule has 3 N–H and O–H groups in total. The van der Waals surface area contributed by atoms with Gasteiger partial charge in [0.15, 0.2) is 0 Å². The molecule has 8 nitrogen and oxygen atoms in total. The number of hydrogen-bond acceptors (Lipinski definition) is 6. The van der Waals surface area contributed by atoms with Crippen LogP contribution in [-0.4, -0.2) is 41.2 Å². The first-order valence-electron chi connectivity index (χ1n) is 10.5. The van der Waals surface area contributed by atoms with Crippen molar-refractivity contribution in [3.05, 3.63) is 71.5 Å². The molecule has 37 heavy (non-hydrogen) atoms. The zero-order valence-corrected chi connectivity index (χ0v) is 18.8. The van der Waals surface area contributed by atoms with Crippen LogP contribution >= 0.6 is 0 Å². The number of methoxy groups -OCH3 is 1. The Hall–Kier alpha value is -4.36. The van der Waals surface area contributed by atoms with Gasteiger partial charge in [0.2, 0.25) is 5.88 Å². The normalized spacial score (nSPS) is 14.5. The Morgan fingerprint density at radius 2 is 1.76 bits per heavy atom. The summed E-state index contributed by atoms with van der Waals surface area (Å²) in [5.41, 5.74) is -6.06. The zero-order chi connectivity index (χ0) is 27.0. The molecule has 0 bridgehead atoms. The average Bonchev–Trinajstić information content (AvgIpc) is 3.15. The summed E-state index contributed by atoms with van der Waals surface area (Å²) < 4.78 is 86.5. The number of anilines is 3. The zero-order valence-electron chi connectivity index (χ0n) is 18.8. The quantitative estimate of drug-likeness (QED) is 0.405. The SMILES string of the molecule is COc1cc(CNc2ncccc2C(=O)Nc2ccc3c(c2)NC(=O)C3(C(F)(F)F)C(F)(F)F)ccn1. The van der Waals surface area contributed by atoms with Crippen molar-refractivity contribution in [3.8, 4) is 5.88 Å². The number of rotatable bonds is 6. The molecule has 194 valence electrons. The molecule has 0 saturated carbocycles. The maximum absolute atomic E-state index is 13.6. The third-order valence-electron chi connectivity index (χ3n) is 5.64. The van der Waals surface area contributed by atoms with Crippen molar-refractivity contribution in [1.29, 1.82) is 0 Å². The van der Waals surface area contributed by atoms with Crippen LogP contribution in [0.1, 0.15) is 21.5 Å². The Morgan fingerprint density at radius 1 is 1.03 bits per heavy atom. The topological polar surface area (TPSA) is 105 Å². The molecule has 2 aromatic heterocycles. The van der Waals surface area contributed by atoms with E-state index in [2.05, 4.69) is 20.6 Å². The van der Waals surface area contributed by atoms with Gasteiger partial charge in [-0.15, -0.1) is 0 Å². The van der Waals surface area contributed by atoms with Crippen LogP contribution in [0.15, 0.2) is 54.9 Å². The first-order chi connectivity index (χ1) is 17.4. The van der Waals surface area contributed by atoms with Crippen LogP contribution in [0.5, 0.6) is 5.88 Å². The van der Waals surface area contributed by atoms with Crippen molar-refractivity contribution in [2.24, 2.45) is 0 Å². The van der Waals surface area contributed by atoms with Crippen LogP contribution in [0, 0.1) is 0 Å². The van der Waals surface area contributed by atoms with E-state index in [0.717, 1.165) is 17.7 Å². The first kappa shape index (κ1) is 25.7. The molecule has 0 spiro atoms. The maximum atomic E-state index is 13.6. The number of alkyl halides is 6. The molecular formula is C23H17F6N5O3. The predicted molar refractivity (Wildman–Crippen MR) is 119 cm³/mol. The van der Waals surface area contributed by atoms with Crippen LogP contribution in [-0.2, 0) is 16.8 Å². The van der Waals surface area contributed by atoms with Gasteiger partial charge in [-0.3, -0.25) is 9.59 Å². The van der Waals surface area contributed by atoms with E-state index in [4.69, 9.17) is 4.74 Å². The van der Waals surface area contributed by atoms with Crippen LogP contribution in [0.25, 0.3) is 0 Å². The average molecular weight is 525 g/mol. The molecule has 4 rings (SSSR count). The predicted octanol–water partition coefficient (Wildman–Crippen LogP) is 4.66. The number of nitrogens with zero attached hydrogens (tertiary/aromatic N) is 2. The molecule has 1 aliphatic rings. The molecule has 2 amide bonds. The minimum atomic E-state index is -5.94. The molecule has 0 unspecified atom stereocenters. The van der Waals surface area contributed by atoms with Crippen LogP contribution in [0.2, 0.25) is 0 Å². The van der Waals surface area contributed by atoms with E-state index in [1.165, 1.54) is 31.6 Å². The summed E-state index contributed by atoms with van der Waals surface area (Å²) in [5, 5.41) is 7.02. The highest BCUT2D eigenvalue weighted by Crippen LogP contribution is 2.57. The lowest BCUT2D eigenvalue weighted by atomic mass is 9.80. The summed E-state index contributed by atoms with van der Waals surface area (Å²) in [6, 6.07) is 8.47. The summed E-state index contributed by atoms with van der Waals surface area (Å²) in [6.07, 6.45) is -8.94. The Kier molecular flexibility index (Phi) is 6.44. The minimum Gasteiger partial charge on any atom is -0.481 e. The number of benzene rings is 1. The fourth-order valence-electron chi connectivity index (χ4n) is 3.90. The standard InChI is InChI=1S/C23H17F6N5O3/c1-37-17-9-12(6-8-30-17)11-32-18-14(3-2-7-31-18)19(35)33-13-4-5-15-16(10-13)34-20(36)21(15,22(24,25)26)23(27,28)29/h2-10H,11H2,1H3,(H,31,32)(H,33,35)(H,34,36). The van der Waals surface area contributed by atoms with Crippen LogP contribution in [0.3, 0.4) is 0 Å². The highest BCUT2D eigenvalue weighted by Gasteiger charge is 2.78. The molecule has 0 radical (unpaired) electrons.